The fraction of sp³-hybridized carbons (Fsp3) is 0.357. The van der Waals surface area contributed by atoms with Crippen molar-refractivity contribution in [1.82, 2.24) is 10.3 Å². The maximum absolute atomic E-state index is 4.69. The van der Waals surface area contributed by atoms with Gasteiger partial charge in [0.2, 0.25) is 0 Å². The van der Waals surface area contributed by atoms with Crippen molar-refractivity contribution in [3.05, 3.63) is 32.8 Å². The highest BCUT2D eigenvalue weighted by molar-refractivity contribution is 9.11. The maximum atomic E-state index is 4.69. The van der Waals surface area contributed by atoms with Crippen LogP contribution in [0.4, 0.5) is 5.69 Å². The predicted molar refractivity (Wildman–Crippen MR) is 94.2 cm³/mol. The van der Waals surface area contributed by atoms with Gasteiger partial charge in [0.25, 0.3) is 0 Å². The minimum atomic E-state index is 0. The van der Waals surface area contributed by atoms with Crippen LogP contribution in [0.5, 0.6) is 0 Å². The second-order valence-electron chi connectivity index (χ2n) is 4.73. The Morgan fingerprint density at radius 2 is 1.90 bits per heavy atom. The van der Waals surface area contributed by atoms with Crippen LogP contribution >= 0.6 is 44.3 Å². The van der Waals surface area contributed by atoms with Gasteiger partial charge in [-0.25, -0.2) is 0 Å². The average Bonchev–Trinajstić information content (AvgIpc) is 2.42. The third-order valence-corrected chi connectivity index (χ3v) is 5.07. The number of benzene rings is 1. The summed E-state index contributed by atoms with van der Waals surface area (Å²) in [6, 6.07) is 6.26. The van der Waals surface area contributed by atoms with Gasteiger partial charge in [0.05, 0.1) is 21.4 Å². The van der Waals surface area contributed by atoms with E-state index in [1.807, 2.05) is 6.07 Å². The van der Waals surface area contributed by atoms with Crippen molar-refractivity contribution in [3.63, 3.8) is 0 Å². The first-order chi connectivity index (χ1) is 9.18. The van der Waals surface area contributed by atoms with Gasteiger partial charge in [-0.05, 0) is 44.8 Å². The van der Waals surface area contributed by atoms with Crippen LogP contribution in [0, 0.1) is 6.92 Å². The summed E-state index contributed by atoms with van der Waals surface area (Å²) in [5.41, 5.74) is 3.34. The first kappa shape index (κ1) is 16.0. The number of piperazine rings is 1. The quantitative estimate of drug-likeness (QED) is 0.757. The van der Waals surface area contributed by atoms with Gasteiger partial charge < -0.3 is 10.2 Å². The molecular weight excluding hydrogens is 405 g/mol. The third kappa shape index (κ3) is 2.82. The predicted octanol–water partition coefficient (Wildman–Crippen LogP) is 3.90. The molecule has 0 unspecified atom stereocenters. The molecule has 3 nitrogen and oxygen atoms in total. The Bertz CT molecular complexity index is 627. The van der Waals surface area contributed by atoms with Gasteiger partial charge in [-0.15, -0.1) is 12.4 Å². The Hall–Kier alpha value is -0.360. The van der Waals surface area contributed by atoms with Gasteiger partial charge in [0.15, 0.2) is 0 Å². The number of nitrogens with one attached hydrogen (secondary N) is 1. The number of aryl methyl sites for hydroxylation is 1. The molecule has 0 radical (unpaired) electrons. The van der Waals surface area contributed by atoms with Gasteiger partial charge in [-0.2, -0.15) is 0 Å². The number of pyridine rings is 1. The lowest BCUT2D eigenvalue weighted by atomic mass is 10.1. The molecule has 0 saturated carbocycles. The molecule has 0 aliphatic carbocycles. The molecular formula is C14H16Br2ClN3. The van der Waals surface area contributed by atoms with Crippen molar-refractivity contribution < 1.29 is 0 Å². The number of fused-ring (bicyclic) bond motifs is 1. The van der Waals surface area contributed by atoms with E-state index < -0.39 is 0 Å². The summed E-state index contributed by atoms with van der Waals surface area (Å²) < 4.78 is 2.16. The Morgan fingerprint density at radius 3 is 2.60 bits per heavy atom. The minimum absolute atomic E-state index is 0. The molecule has 1 fully saturated rings. The maximum Gasteiger partial charge on any atom is 0.0868 e. The summed E-state index contributed by atoms with van der Waals surface area (Å²) in [5.74, 6) is 0. The Kier molecular flexibility index (Phi) is 5.29. The van der Waals surface area contributed by atoms with Crippen molar-refractivity contribution in [3.8, 4) is 0 Å². The second-order valence-corrected chi connectivity index (χ2v) is 6.38. The van der Waals surface area contributed by atoms with Crippen molar-refractivity contribution in [2.24, 2.45) is 0 Å². The van der Waals surface area contributed by atoms with E-state index in [0.29, 0.717) is 0 Å². The van der Waals surface area contributed by atoms with Crippen LogP contribution in [0.2, 0.25) is 0 Å². The molecule has 3 rings (SSSR count). The molecule has 1 aromatic heterocycles. The van der Waals surface area contributed by atoms with Gasteiger partial charge >= 0.3 is 0 Å². The monoisotopic (exact) mass is 419 g/mol. The van der Waals surface area contributed by atoms with Crippen LogP contribution < -0.4 is 10.2 Å². The molecule has 6 heteroatoms. The summed E-state index contributed by atoms with van der Waals surface area (Å²) in [6.45, 7) is 6.18. The summed E-state index contributed by atoms with van der Waals surface area (Å²) in [5, 5.41) is 4.60. The van der Waals surface area contributed by atoms with Crippen molar-refractivity contribution in [2.75, 3.05) is 31.1 Å². The molecule has 0 bridgehead atoms. The largest absolute Gasteiger partial charge is 0.367 e. The van der Waals surface area contributed by atoms with E-state index in [1.165, 1.54) is 11.1 Å². The summed E-state index contributed by atoms with van der Waals surface area (Å²) >= 11 is 7.33. The van der Waals surface area contributed by atoms with Crippen molar-refractivity contribution in [2.45, 2.75) is 6.92 Å². The molecule has 0 amide bonds. The summed E-state index contributed by atoms with van der Waals surface area (Å²) in [6.07, 6.45) is 0. The molecule has 1 N–H and O–H groups in total. The van der Waals surface area contributed by atoms with Gasteiger partial charge in [-0.3, -0.25) is 4.98 Å². The van der Waals surface area contributed by atoms with Crippen LogP contribution in [-0.4, -0.2) is 31.2 Å². The van der Waals surface area contributed by atoms with Gasteiger partial charge in [0, 0.05) is 36.0 Å². The Labute approximate surface area is 141 Å². The lowest BCUT2D eigenvalue weighted by Crippen LogP contribution is -2.43. The topological polar surface area (TPSA) is 28.2 Å². The van der Waals surface area contributed by atoms with E-state index in [4.69, 9.17) is 4.98 Å². The molecule has 1 aromatic carbocycles. The highest BCUT2D eigenvalue weighted by Gasteiger charge is 2.19. The van der Waals surface area contributed by atoms with Crippen LogP contribution in [0.15, 0.2) is 27.1 Å². The Balaban J connectivity index is 0.00000147. The molecule has 1 aliphatic rings. The first-order valence-corrected chi connectivity index (χ1v) is 7.97. The SMILES string of the molecule is Cc1nc2c(Br)cccc2c(N2CCNCC2)c1Br.Cl. The minimum Gasteiger partial charge on any atom is -0.367 e. The average molecular weight is 422 g/mol. The zero-order valence-corrected chi connectivity index (χ0v) is 15.1. The van der Waals surface area contributed by atoms with E-state index in [-0.39, 0.29) is 12.4 Å². The standard InChI is InChI=1S/C14H15Br2N3.ClH/c1-9-12(16)14(19-7-5-17-6-8-19)10-3-2-4-11(15)13(10)18-9;/h2-4,17H,5-8H2,1H3;1H. The number of rotatable bonds is 1. The number of hydrogen-bond acceptors (Lipinski definition) is 3. The molecule has 2 heterocycles. The number of para-hydroxylation sites is 1. The smallest absolute Gasteiger partial charge is 0.0868 e. The molecule has 0 spiro atoms. The van der Waals surface area contributed by atoms with Crippen LogP contribution in [-0.2, 0) is 0 Å². The fourth-order valence-corrected chi connectivity index (χ4v) is 3.53. The van der Waals surface area contributed by atoms with E-state index in [9.17, 15) is 0 Å². The van der Waals surface area contributed by atoms with Gasteiger partial charge in [0.1, 0.15) is 0 Å². The lowest BCUT2D eigenvalue weighted by Gasteiger charge is -2.31. The van der Waals surface area contributed by atoms with Crippen molar-refractivity contribution >= 4 is 60.9 Å². The van der Waals surface area contributed by atoms with Crippen molar-refractivity contribution in [1.29, 1.82) is 0 Å². The van der Waals surface area contributed by atoms with Crippen LogP contribution in [0.25, 0.3) is 10.9 Å². The Morgan fingerprint density at radius 1 is 1.20 bits per heavy atom. The fourth-order valence-electron chi connectivity index (χ4n) is 2.52. The molecule has 1 aliphatic heterocycles. The zero-order chi connectivity index (χ0) is 13.4. The number of aromatic nitrogens is 1. The highest BCUT2D eigenvalue weighted by Crippen LogP contribution is 2.37. The third-order valence-electron chi connectivity index (χ3n) is 3.48. The van der Waals surface area contributed by atoms with Gasteiger partial charge in [-0.1, -0.05) is 12.1 Å². The molecule has 0 atom stereocenters. The van der Waals surface area contributed by atoms with E-state index in [2.05, 4.69) is 61.1 Å². The number of nitrogens with zero attached hydrogens (tertiary/aromatic N) is 2. The zero-order valence-electron chi connectivity index (χ0n) is 11.1. The molecule has 2 aromatic rings. The van der Waals surface area contributed by atoms with E-state index in [0.717, 1.165) is 46.3 Å². The molecule has 1 saturated heterocycles. The normalized spacial score (nSPS) is 15.2. The lowest BCUT2D eigenvalue weighted by molar-refractivity contribution is 0.589. The van der Waals surface area contributed by atoms with E-state index in [1.54, 1.807) is 0 Å². The number of halogens is 3. The summed E-state index contributed by atoms with van der Waals surface area (Å²) in [4.78, 5) is 7.13. The highest BCUT2D eigenvalue weighted by atomic mass is 79.9. The van der Waals surface area contributed by atoms with Crippen LogP contribution in [0.1, 0.15) is 5.69 Å². The molecule has 20 heavy (non-hydrogen) atoms. The molecule has 108 valence electrons. The number of anilines is 1. The summed E-state index contributed by atoms with van der Waals surface area (Å²) in [7, 11) is 0. The second kappa shape index (κ2) is 6.60. The first-order valence-electron chi connectivity index (χ1n) is 6.38. The van der Waals surface area contributed by atoms with E-state index >= 15 is 0 Å². The number of hydrogen-bond donors (Lipinski definition) is 1. The van der Waals surface area contributed by atoms with Crippen LogP contribution in [0.3, 0.4) is 0 Å².